The second-order valence-electron chi connectivity index (χ2n) is 2.25. The minimum Gasteiger partial charge on any atom is -0.269 e. The van der Waals surface area contributed by atoms with Gasteiger partial charge in [-0.3, -0.25) is 4.55 Å². The molecule has 0 aliphatic carbocycles. The lowest BCUT2D eigenvalue weighted by Crippen LogP contribution is -2.09. The predicted molar refractivity (Wildman–Crippen MR) is 42.3 cm³/mol. The van der Waals surface area contributed by atoms with Gasteiger partial charge >= 0.3 is 10.3 Å². The molecule has 2 aromatic rings. The van der Waals surface area contributed by atoms with Gasteiger partial charge in [-0.05, 0) is 0 Å². The monoisotopic (exact) mass is 200 g/mol. The van der Waals surface area contributed by atoms with Gasteiger partial charge in [-0.2, -0.15) is 12.4 Å². The molecule has 0 bridgehead atoms. The molecule has 2 heterocycles. The lowest BCUT2D eigenvalue weighted by atomic mass is 10.6. The lowest BCUT2D eigenvalue weighted by Gasteiger charge is -1.95. The van der Waals surface area contributed by atoms with Crippen molar-refractivity contribution in [2.24, 2.45) is 0 Å². The Morgan fingerprint density at radius 3 is 2.85 bits per heavy atom. The van der Waals surface area contributed by atoms with E-state index in [4.69, 9.17) is 4.55 Å². The average Bonchev–Trinajstić information content (AvgIpc) is 2.45. The van der Waals surface area contributed by atoms with E-state index in [-0.39, 0.29) is 5.65 Å². The minimum atomic E-state index is -4.32. The Morgan fingerprint density at radius 1 is 1.38 bits per heavy atom. The third-order valence-electron chi connectivity index (χ3n) is 1.43. The molecule has 0 unspecified atom stereocenters. The van der Waals surface area contributed by atoms with Crippen LogP contribution in [-0.2, 0) is 10.3 Å². The fourth-order valence-corrected chi connectivity index (χ4v) is 1.44. The topological polar surface area (TPSA) is 98.0 Å². The summed E-state index contributed by atoms with van der Waals surface area (Å²) in [5, 5.41) is 0. The Bertz CT molecular complexity index is 546. The summed E-state index contributed by atoms with van der Waals surface area (Å²) < 4.78 is 30.7. The van der Waals surface area contributed by atoms with Crippen LogP contribution in [0.1, 0.15) is 0 Å². The summed E-state index contributed by atoms with van der Waals surface area (Å²) >= 11 is 0. The van der Waals surface area contributed by atoms with E-state index in [1.807, 2.05) is 0 Å². The quantitative estimate of drug-likeness (QED) is 0.622. The van der Waals surface area contributed by atoms with Gasteiger partial charge in [-0.25, -0.2) is 15.0 Å². The fourth-order valence-electron chi connectivity index (χ4n) is 0.915. The summed E-state index contributed by atoms with van der Waals surface area (Å²) in [5.41, 5.74) is 0.359. The first-order chi connectivity index (χ1) is 6.09. The van der Waals surface area contributed by atoms with E-state index in [9.17, 15) is 8.42 Å². The van der Waals surface area contributed by atoms with Crippen LogP contribution in [0.3, 0.4) is 0 Å². The summed E-state index contributed by atoms with van der Waals surface area (Å²) in [6.07, 6.45) is 3.49. The smallest absolute Gasteiger partial charge is 0.269 e. The predicted octanol–water partition coefficient (Wildman–Crippen LogP) is -0.523. The van der Waals surface area contributed by atoms with Gasteiger partial charge in [0.1, 0.15) is 18.2 Å². The van der Waals surface area contributed by atoms with Crippen LogP contribution in [0.4, 0.5) is 0 Å². The minimum absolute atomic E-state index is 0.0532. The van der Waals surface area contributed by atoms with Crippen LogP contribution in [0.15, 0.2) is 18.9 Å². The maximum Gasteiger partial charge on any atom is 0.366 e. The Labute approximate surface area is 73.0 Å². The highest BCUT2D eigenvalue weighted by atomic mass is 32.2. The van der Waals surface area contributed by atoms with Crippen molar-refractivity contribution >= 4 is 21.5 Å². The average molecular weight is 200 g/mol. The van der Waals surface area contributed by atoms with Crippen molar-refractivity contribution in [3.63, 3.8) is 0 Å². The molecule has 0 saturated carbocycles. The molecule has 0 aromatic carbocycles. The second kappa shape index (κ2) is 2.47. The van der Waals surface area contributed by atoms with Crippen molar-refractivity contribution in [3.8, 4) is 0 Å². The largest absolute Gasteiger partial charge is 0.366 e. The van der Waals surface area contributed by atoms with E-state index in [1.165, 1.54) is 12.5 Å². The maximum absolute atomic E-state index is 10.7. The van der Waals surface area contributed by atoms with E-state index in [1.54, 1.807) is 0 Å². The van der Waals surface area contributed by atoms with Crippen LogP contribution in [0, 0.1) is 0 Å². The molecule has 1 N–H and O–H groups in total. The molecule has 0 aliphatic rings. The van der Waals surface area contributed by atoms with Crippen molar-refractivity contribution in [1.82, 2.24) is 18.9 Å². The molecule has 0 atom stereocenters. The fraction of sp³-hybridized carbons (Fsp3) is 0. The normalized spacial score (nSPS) is 12.1. The standard InChI is InChI=1S/C5H4N4O3S/c10-13(11,12)9-3-8-4-1-6-2-7-5(4)9/h1-3H,(H,10,11,12). The van der Waals surface area contributed by atoms with Gasteiger partial charge < -0.3 is 0 Å². The molecule has 0 saturated heterocycles. The van der Waals surface area contributed by atoms with Gasteiger partial charge in [0.2, 0.25) is 0 Å². The molecule has 0 aliphatic heterocycles. The molecular formula is C5H4N4O3S. The number of imidazole rings is 1. The van der Waals surface area contributed by atoms with E-state index in [0.717, 1.165) is 6.33 Å². The molecule has 2 aromatic heterocycles. The van der Waals surface area contributed by atoms with Crippen molar-refractivity contribution in [3.05, 3.63) is 18.9 Å². The first kappa shape index (κ1) is 8.08. The number of rotatable bonds is 1. The SMILES string of the molecule is O=S(=O)(O)n1cnc2cncnc21. The number of aromatic nitrogens is 4. The third-order valence-corrected chi connectivity index (χ3v) is 2.20. The summed E-state index contributed by atoms with van der Waals surface area (Å²) in [5.74, 6) is 0. The van der Waals surface area contributed by atoms with Crippen LogP contribution in [0.25, 0.3) is 11.2 Å². The summed E-state index contributed by atoms with van der Waals surface area (Å²) in [6, 6.07) is 0. The van der Waals surface area contributed by atoms with E-state index in [0.29, 0.717) is 9.49 Å². The van der Waals surface area contributed by atoms with E-state index >= 15 is 0 Å². The second-order valence-corrected chi connectivity index (χ2v) is 3.54. The van der Waals surface area contributed by atoms with Gasteiger partial charge in [-0.15, -0.1) is 0 Å². The Morgan fingerprint density at radius 2 is 2.15 bits per heavy atom. The lowest BCUT2D eigenvalue weighted by molar-refractivity contribution is 0.474. The molecule has 7 nitrogen and oxygen atoms in total. The highest BCUT2D eigenvalue weighted by Crippen LogP contribution is 2.08. The van der Waals surface area contributed by atoms with Crippen LogP contribution < -0.4 is 0 Å². The van der Waals surface area contributed by atoms with Crippen molar-refractivity contribution in [1.29, 1.82) is 0 Å². The highest BCUT2D eigenvalue weighted by Gasteiger charge is 2.13. The zero-order valence-electron chi connectivity index (χ0n) is 6.19. The van der Waals surface area contributed by atoms with Gasteiger partial charge in [0, 0.05) is 0 Å². The van der Waals surface area contributed by atoms with Gasteiger partial charge in [-0.1, -0.05) is 0 Å². The van der Waals surface area contributed by atoms with E-state index < -0.39 is 10.3 Å². The summed E-state index contributed by atoms with van der Waals surface area (Å²) in [6.45, 7) is 0. The van der Waals surface area contributed by atoms with E-state index in [2.05, 4.69) is 15.0 Å². The summed E-state index contributed by atoms with van der Waals surface area (Å²) in [7, 11) is -4.32. The van der Waals surface area contributed by atoms with Crippen LogP contribution in [-0.4, -0.2) is 31.9 Å². The third kappa shape index (κ3) is 1.25. The molecule has 68 valence electrons. The molecule has 0 radical (unpaired) electrons. The molecule has 13 heavy (non-hydrogen) atoms. The molecule has 0 amide bonds. The van der Waals surface area contributed by atoms with Crippen molar-refractivity contribution in [2.75, 3.05) is 0 Å². The first-order valence-electron chi connectivity index (χ1n) is 3.20. The molecule has 0 fully saturated rings. The van der Waals surface area contributed by atoms with Crippen LogP contribution in [0.2, 0.25) is 0 Å². The van der Waals surface area contributed by atoms with Crippen LogP contribution in [0.5, 0.6) is 0 Å². The van der Waals surface area contributed by atoms with Gasteiger partial charge in [0.15, 0.2) is 5.65 Å². The zero-order valence-corrected chi connectivity index (χ0v) is 7.01. The number of hydrogen-bond acceptors (Lipinski definition) is 5. The summed E-state index contributed by atoms with van der Waals surface area (Å²) in [4.78, 5) is 11.0. The first-order valence-corrected chi connectivity index (χ1v) is 4.60. The van der Waals surface area contributed by atoms with Gasteiger partial charge in [0.25, 0.3) is 0 Å². The highest BCUT2D eigenvalue weighted by molar-refractivity contribution is 7.84. The van der Waals surface area contributed by atoms with Crippen molar-refractivity contribution < 1.29 is 13.0 Å². The molecule has 8 heteroatoms. The Hall–Kier alpha value is -1.54. The van der Waals surface area contributed by atoms with Gasteiger partial charge in [0.05, 0.1) is 6.20 Å². The number of fused-ring (bicyclic) bond motifs is 1. The number of nitrogens with zero attached hydrogens (tertiary/aromatic N) is 4. The molecule has 0 spiro atoms. The Balaban J connectivity index is 2.87. The van der Waals surface area contributed by atoms with Crippen molar-refractivity contribution in [2.45, 2.75) is 0 Å². The number of hydrogen-bond donors (Lipinski definition) is 1. The molecular weight excluding hydrogens is 196 g/mol. The molecule has 2 rings (SSSR count). The maximum atomic E-state index is 10.7. The van der Waals surface area contributed by atoms with Crippen LogP contribution >= 0.6 is 0 Å². The Kier molecular flexibility index (Phi) is 1.54. The zero-order chi connectivity index (χ0) is 9.47.